The quantitative estimate of drug-likeness (QED) is 0.759. The van der Waals surface area contributed by atoms with E-state index in [1.54, 1.807) is 12.1 Å². The van der Waals surface area contributed by atoms with E-state index in [1.165, 1.54) is 4.90 Å². The number of carboxylic acid groups (broad SMARTS) is 1. The van der Waals surface area contributed by atoms with Gasteiger partial charge < -0.3 is 5.11 Å². The number of anilines is 1. The molecule has 0 aromatic heterocycles. The number of benzene rings is 1. The molecule has 1 heterocycles. The van der Waals surface area contributed by atoms with Gasteiger partial charge in [-0.2, -0.15) is 0 Å². The van der Waals surface area contributed by atoms with Crippen molar-refractivity contribution in [1.82, 2.24) is 4.90 Å². The van der Waals surface area contributed by atoms with Crippen LogP contribution in [-0.2, 0) is 0 Å². The van der Waals surface area contributed by atoms with Crippen LogP contribution in [0.2, 0.25) is 0 Å². The largest absolute Gasteiger partial charge is 0.465 e. The number of urea groups is 1. The summed E-state index contributed by atoms with van der Waals surface area (Å²) in [5.41, 5.74) is 0.728. The lowest BCUT2D eigenvalue weighted by Crippen LogP contribution is -2.35. The molecule has 3 amide bonds. The first kappa shape index (κ1) is 9.51. The first-order valence-corrected chi connectivity index (χ1v) is 4.57. The highest BCUT2D eigenvalue weighted by molar-refractivity contribution is 6.02. The Balaban J connectivity index is 2.21. The lowest BCUT2D eigenvalue weighted by molar-refractivity contribution is 0.158. The number of amides is 3. The summed E-state index contributed by atoms with van der Waals surface area (Å²) in [6.07, 6.45) is -1.20. The van der Waals surface area contributed by atoms with Crippen LogP contribution in [0.3, 0.4) is 0 Å². The number of nitrogens with zero attached hydrogens (tertiary/aromatic N) is 2. The van der Waals surface area contributed by atoms with E-state index in [-0.39, 0.29) is 6.54 Å². The Morgan fingerprint density at radius 1 is 1.20 bits per heavy atom. The van der Waals surface area contributed by atoms with Crippen LogP contribution in [0.5, 0.6) is 0 Å². The van der Waals surface area contributed by atoms with Crippen LogP contribution in [-0.4, -0.2) is 35.2 Å². The van der Waals surface area contributed by atoms with Crippen molar-refractivity contribution in [2.45, 2.75) is 0 Å². The molecule has 0 aliphatic carbocycles. The molecule has 1 aliphatic rings. The van der Waals surface area contributed by atoms with E-state index in [9.17, 15) is 9.59 Å². The number of hydrogen-bond donors (Lipinski definition) is 1. The van der Waals surface area contributed by atoms with Crippen LogP contribution in [0.4, 0.5) is 15.3 Å². The Bertz CT molecular complexity index is 391. The molecule has 1 aromatic rings. The fourth-order valence-corrected chi connectivity index (χ4v) is 1.56. The van der Waals surface area contributed by atoms with E-state index in [0.717, 1.165) is 10.6 Å². The third kappa shape index (κ3) is 1.63. The highest BCUT2D eigenvalue weighted by Gasteiger charge is 2.33. The summed E-state index contributed by atoms with van der Waals surface area (Å²) in [6, 6.07) is 8.55. The van der Waals surface area contributed by atoms with Gasteiger partial charge in [-0.05, 0) is 12.1 Å². The van der Waals surface area contributed by atoms with Crippen molar-refractivity contribution >= 4 is 17.8 Å². The Hall–Kier alpha value is -2.04. The number of para-hydroxylation sites is 1. The predicted molar refractivity (Wildman–Crippen MR) is 53.9 cm³/mol. The molecule has 0 radical (unpaired) electrons. The lowest BCUT2D eigenvalue weighted by Gasteiger charge is -2.15. The minimum absolute atomic E-state index is 0.225. The minimum Gasteiger partial charge on any atom is -0.465 e. The molecule has 78 valence electrons. The summed E-state index contributed by atoms with van der Waals surface area (Å²) in [4.78, 5) is 24.6. The van der Waals surface area contributed by atoms with E-state index in [4.69, 9.17) is 5.11 Å². The zero-order chi connectivity index (χ0) is 10.8. The number of rotatable bonds is 1. The van der Waals surface area contributed by atoms with Gasteiger partial charge in [-0.1, -0.05) is 18.2 Å². The highest BCUT2D eigenvalue weighted by atomic mass is 16.4. The molecule has 0 atom stereocenters. The fraction of sp³-hybridized carbons (Fsp3) is 0.200. The second-order valence-electron chi connectivity index (χ2n) is 3.20. The first-order chi connectivity index (χ1) is 7.20. The molecule has 0 spiro atoms. The predicted octanol–water partition coefficient (Wildman–Crippen LogP) is 1.61. The highest BCUT2D eigenvalue weighted by Crippen LogP contribution is 2.19. The average Bonchev–Trinajstić information content (AvgIpc) is 2.61. The normalized spacial score (nSPS) is 15.9. The minimum atomic E-state index is -1.20. The summed E-state index contributed by atoms with van der Waals surface area (Å²) < 4.78 is 0. The molecule has 5 nitrogen and oxygen atoms in total. The maximum Gasteiger partial charge on any atom is 0.415 e. The van der Waals surface area contributed by atoms with Crippen LogP contribution in [0.25, 0.3) is 0 Å². The standard InChI is InChI=1S/C10H10N2O3/c13-9-11(6-7-12(9)10(14)15)8-4-2-1-3-5-8/h1-5H,6-7H2,(H,14,15). The second-order valence-corrected chi connectivity index (χ2v) is 3.20. The molecule has 1 aliphatic heterocycles. The van der Waals surface area contributed by atoms with Crippen molar-refractivity contribution in [2.75, 3.05) is 18.0 Å². The van der Waals surface area contributed by atoms with E-state index in [1.807, 2.05) is 18.2 Å². The Kier molecular flexibility index (Phi) is 2.29. The smallest absolute Gasteiger partial charge is 0.415 e. The number of carbonyl (C=O) groups is 2. The lowest BCUT2D eigenvalue weighted by atomic mass is 10.3. The van der Waals surface area contributed by atoms with Gasteiger partial charge in [0.1, 0.15) is 0 Å². The summed E-state index contributed by atoms with van der Waals surface area (Å²) >= 11 is 0. The topological polar surface area (TPSA) is 60.9 Å². The van der Waals surface area contributed by atoms with Crippen molar-refractivity contribution in [3.05, 3.63) is 30.3 Å². The third-order valence-electron chi connectivity index (χ3n) is 2.31. The fourth-order valence-electron chi connectivity index (χ4n) is 1.56. The molecule has 1 saturated heterocycles. The van der Waals surface area contributed by atoms with E-state index < -0.39 is 12.1 Å². The monoisotopic (exact) mass is 206 g/mol. The molecule has 1 aromatic carbocycles. The second kappa shape index (κ2) is 3.61. The van der Waals surface area contributed by atoms with Crippen LogP contribution in [0.1, 0.15) is 0 Å². The Morgan fingerprint density at radius 3 is 2.40 bits per heavy atom. The van der Waals surface area contributed by atoms with E-state index in [2.05, 4.69) is 0 Å². The van der Waals surface area contributed by atoms with Gasteiger partial charge in [-0.3, -0.25) is 4.90 Å². The molecular weight excluding hydrogens is 196 g/mol. The van der Waals surface area contributed by atoms with Gasteiger partial charge in [0.25, 0.3) is 0 Å². The van der Waals surface area contributed by atoms with Crippen LogP contribution in [0, 0.1) is 0 Å². The van der Waals surface area contributed by atoms with Gasteiger partial charge in [0.2, 0.25) is 0 Å². The number of hydrogen-bond acceptors (Lipinski definition) is 2. The van der Waals surface area contributed by atoms with Gasteiger partial charge in [-0.15, -0.1) is 0 Å². The zero-order valence-electron chi connectivity index (χ0n) is 7.96. The van der Waals surface area contributed by atoms with Gasteiger partial charge in [0.15, 0.2) is 0 Å². The van der Waals surface area contributed by atoms with Crippen molar-refractivity contribution in [3.63, 3.8) is 0 Å². The summed E-state index contributed by atoms with van der Waals surface area (Å²) in [5, 5.41) is 8.73. The SMILES string of the molecule is O=C(O)N1CCN(c2ccccc2)C1=O. The maximum absolute atomic E-state index is 11.6. The summed E-state index contributed by atoms with van der Waals surface area (Å²) in [6.45, 7) is 0.637. The molecule has 0 unspecified atom stereocenters. The van der Waals surface area contributed by atoms with Gasteiger partial charge in [0.05, 0.1) is 6.54 Å². The van der Waals surface area contributed by atoms with Crippen molar-refractivity contribution in [2.24, 2.45) is 0 Å². The molecule has 0 saturated carbocycles. The molecule has 15 heavy (non-hydrogen) atoms. The first-order valence-electron chi connectivity index (χ1n) is 4.57. The molecule has 1 N–H and O–H groups in total. The van der Waals surface area contributed by atoms with Crippen molar-refractivity contribution < 1.29 is 14.7 Å². The zero-order valence-corrected chi connectivity index (χ0v) is 7.96. The third-order valence-corrected chi connectivity index (χ3v) is 2.31. The summed E-state index contributed by atoms with van der Waals surface area (Å²) in [5.74, 6) is 0. The molecule has 2 rings (SSSR count). The Morgan fingerprint density at radius 2 is 1.87 bits per heavy atom. The van der Waals surface area contributed by atoms with Crippen LogP contribution >= 0.6 is 0 Å². The van der Waals surface area contributed by atoms with Gasteiger partial charge in [-0.25, -0.2) is 14.5 Å². The molecule has 5 heteroatoms. The van der Waals surface area contributed by atoms with Crippen LogP contribution < -0.4 is 4.90 Å². The van der Waals surface area contributed by atoms with Crippen molar-refractivity contribution in [3.8, 4) is 0 Å². The summed E-state index contributed by atoms with van der Waals surface area (Å²) in [7, 11) is 0. The maximum atomic E-state index is 11.6. The average molecular weight is 206 g/mol. The van der Waals surface area contributed by atoms with Crippen LogP contribution in [0.15, 0.2) is 30.3 Å². The molecule has 0 bridgehead atoms. The van der Waals surface area contributed by atoms with Gasteiger partial charge in [0, 0.05) is 12.2 Å². The van der Waals surface area contributed by atoms with E-state index >= 15 is 0 Å². The van der Waals surface area contributed by atoms with E-state index in [0.29, 0.717) is 6.54 Å². The molecular formula is C10H10N2O3. The molecule has 1 fully saturated rings. The van der Waals surface area contributed by atoms with Crippen molar-refractivity contribution in [1.29, 1.82) is 0 Å². The number of imide groups is 1. The van der Waals surface area contributed by atoms with Gasteiger partial charge >= 0.3 is 12.1 Å². The Labute approximate surface area is 86.5 Å². The number of carbonyl (C=O) groups excluding carboxylic acids is 1.